The van der Waals surface area contributed by atoms with Crippen LogP contribution in [0.2, 0.25) is 5.02 Å². The van der Waals surface area contributed by atoms with Gasteiger partial charge in [0.15, 0.2) is 11.6 Å². The fraction of sp³-hybridized carbons (Fsp3) is 0.375. The van der Waals surface area contributed by atoms with E-state index in [2.05, 4.69) is 30.0 Å². The van der Waals surface area contributed by atoms with Gasteiger partial charge in [0.2, 0.25) is 16.0 Å². The van der Waals surface area contributed by atoms with E-state index in [9.17, 15) is 8.42 Å². The number of ether oxygens (including phenoxy) is 3. The van der Waals surface area contributed by atoms with Gasteiger partial charge in [-0.05, 0) is 31.9 Å². The van der Waals surface area contributed by atoms with Crippen LogP contribution in [0.15, 0.2) is 36.8 Å². The molecule has 0 spiro atoms. The minimum absolute atomic E-state index is 0.0653. The molecule has 5 rings (SSSR count). The van der Waals surface area contributed by atoms with E-state index in [1.54, 1.807) is 29.0 Å². The summed E-state index contributed by atoms with van der Waals surface area (Å²) in [6, 6.07) is 5.25. The highest BCUT2D eigenvalue weighted by Crippen LogP contribution is 2.39. The number of methoxy groups -OCH3 is 3. The molecule has 13 nitrogen and oxygen atoms in total. The molecule has 1 aliphatic rings. The van der Waals surface area contributed by atoms with Crippen molar-refractivity contribution in [3.8, 4) is 28.6 Å². The Bertz CT molecular complexity index is 1570. The summed E-state index contributed by atoms with van der Waals surface area (Å²) >= 11 is 5.90. The molecule has 1 aromatic carbocycles. The van der Waals surface area contributed by atoms with E-state index in [4.69, 9.17) is 25.8 Å². The Morgan fingerprint density at radius 3 is 2.38 bits per heavy atom. The number of aryl methyl sites for hydroxylation is 1. The van der Waals surface area contributed by atoms with Crippen LogP contribution in [-0.2, 0) is 27.7 Å². The maximum atomic E-state index is 13.7. The summed E-state index contributed by atoms with van der Waals surface area (Å²) < 4.78 is 50.2. The van der Waals surface area contributed by atoms with Crippen LogP contribution in [0.4, 0.5) is 5.95 Å². The molecule has 0 saturated carbocycles. The lowest BCUT2D eigenvalue weighted by atomic mass is 10.1. The fourth-order valence-electron chi connectivity index (χ4n) is 4.60. The fourth-order valence-corrected chi connectivity index (χ4v) is 5.83. The van der Waals surface area contributed by atoms with Gasteiger partial charge in [-0.2, -0.15) is 5.10 Å². The molecule has 206 valence electrons. The number of fused-ring (bicyclic) bond motifs is 1. The standard InChI is InChI=1S/C24H27ClN8O5S/c1-14(21(38-4)22-26-11-15(25)12-27-22)39(34,35)31-24-30-29-23(16-13-28-32-10-6-7-17(16)32)33(24)20-18(36-2)8-5-9-19(20)37-3/h5,8-9,11-14,21H,6-7,10H2,1-4H3,(H,30,31). The molecule has 15 heteroatoms. The number of benzene rings is 1. The third kappa shape index (κ3) is 4.90. The van der Waals surface area contributed by atoms with Crippen molar-refractivity contribution < 1.29 is 22.6 Å². The van der Waals surface area contributed by atoms with Crippen LogP contribution in [0.3, 0.4) is 0 Å². The summed E-state index contributed by atoms with van der Waals surface area (Å²) in [6.45, 7) is 2.29. The zero-order valence-electron chi connectivity index (χ0n) is 21.7. The number of sulfonamides is 1. The zero-order valence-corrected chi connectivity index (χ0v) is 23.3. The molecule has 0 radical (unpaired) electrons. The van der Waals surface area contributed by atoms with Gasteiger partial charge >= 0.3 is 0 Å². The molecule has 1 aliphatic heterocycles. The Labute approximate surface area is 230 Å². The molecule has 2 atom stereocenters. The highest BCUT2D eigenvalue weighted by molar-refractivity contribution is 7.93. The highest BCUT2D eigenvalue weighted by Gasteiger charge is 2.35. The predicted molar refractivity (Wildman–Crippen MR) is 143 cm³/mol. The van der Waals surface area contributed by atoms with Crippen molar-refractivity contribution in [1.29, 1.82) is 0 Å². The van der Waals surface area contributed by atoms with Crippen molar-refractivity contribution in [2.24, 2.45) is 0 Å². The molecule has 0 aliphatic carbocycles. The van der Waals surface area contributed by atoms with Crippen LogP contribution in [0, 0.1) is 0 Å². The number of hydrogen-bond donors (Lipinski definition) is 1. The topological polar surface area (TPSA) is 148 Å². The maximum Gasteiger partial charge on any atom is 0.243 e. The monoisotopic (exact) mass is 574 g/mol. The summed E-state index contributed by atoms with van der Waals surface area (Å²) in [6.07, 6.45) is 5.23. The first-order valence-electron chi connectivity index (χ1n) is 12.0. The van der Waals surface area contributed by atoms with E-state index in [0.29, 0.717) is 28.0 Å². The molecule has 3 aromatic heterocycles. The van der Waals surface area contributed by atoms with E-state index in [-0.39, 0.29) is 11.8 Å². The molecule has 4 aromatic rings. The van der Waals surface area contributed by atoms with Crippen LogP contribution in [0.25, 0.3) is 17.1 Å². The maximum absolute atomic E-state index is 13.7. The van der Waals surface area contributed by atoms with E-state index in [0.717, 1.165) is 30.6 Å². The van der Waals surface area contributed by atoms with Crippen molar-refractivity contribution in [2.75, 3.05) is 26.1 Å². The molecular formula is C24H27ClN8O5S. The Hall–Kier alpha value is -3.75. The summed E-state index contributed by atoms with van der Waals surface area (Å²) in [5.74, 6) is 1.35. The van der Waals surface area contributed by atoms with Crippen LogP contribution < -0.4 is 14.2 Å². The molecule has 4 heterocycles. The minimum atomic E-state index is -4.13. The summed E-state index contributed by atoms with van der Waals surface area (Å²) in [4.78, 5) is 8.27. The van der Waals surface area contributed by atoms with Crippen molar-refractivity contribution in [2.45, 2.75) is 37.7 Å². The molecule has 0 bridgehead atoms. The largest absolute Gasteiger partial charge is 0.494 e. The molecule has 2 unspecified atom stereocenters. The van der Waals surface area contributed by atoms with Crippen molar-refractivity contribution in [3.05, 3.63) is 53.3 Å². The molecule has 1 N–H and O–H groups in total. The van der Waals surface area contributed by atoms with Crippen molar-refractivity contribution >= 4 is 27.6 Å². The second-order valence-corrected chi connectivity index (χ2v) is 11.3. The van der Waals surface area contributed by atoms with Gasteiger partial charge in [0.05, 0.1) is 31.0 Å². The first-order chi connectivity index (χ1) is 18.8. The molecular weight excluding hydrogens is 548 g/mol. The molecule has 39 heavy (non-hydrogen) atoms. The number of rotatable bonds is 10. The van der Waals surface area contributed by atoms with Crippen molar-refractivity contribution in [3.63, 3.8) is 0 Å². The van der Waals surface area contributed by atoms with Crippen LogP contribution in [-0.4, -0.2) is 69.5 Å². The number of anilines is 1. The minimum Gasteiger partial charge on any atom is -0.494 e. The molecule has 0 saturated heterocycles. The van der Waals surface area contributed by atoms with E-state index in [1.165, 1.54) is 40.6 Å². The predicted octanol–water partition coefficient (Wildman–Crippen LogP) is 3.06. The molecule has 0 amide bonds. The van der Waals surface area contributed by atoms with Gasteiger partial charge in [0.1, 0.15) is 28.5 Å². The zero-order chi connectivity index (χ0) is 27.7. The van der Waals surface area contributed by atoms with Gasteiger partial charge in [-0.1, -0.05) is 17.7 Å². The van der Waals surface area contributed by atoms with Crippen LogP contribution >= 0.6 is 11.6 Å². The van der Waals surface area contributed by atoms with Gasteiger partial charge in [-0.3, -0.25) is 14.0 Å². The third-order valence-corrected chi connectivity index (χ3v) is 8.45. The number of hydrogen-bond acceptors (Lipinski definition) is 10. The van der Waals surface area contributed by atoms with Crippen molar-refractivity contribution in [1.82, 2.24) is 34.5 Å². The van der Waals surface area contributed by atoms with Gasteiger partial charge in [-0.15, -0.1) is 10.2 Å². The lowest BCUT2D eigenvalue weighted by Gasteiger charge is -2.22. The lowest BCUT2D eigenvalue weighted by Crippen LogP contribution is -2.33. The van der Waals surface area contributed by atoms with Crippen LogP contribution in [0.1, 0.15) is 31.0 Å². The Morgan fingerprint density at radius 2 is 1.74 bits per heavy atom. The number of nitrogens with one attached hydrogen (secondary N) is 1. The van der Waals surface area contributed by atoms with E-state index < -0.39 is 21.4 Å². The Morgan fingerprint density at radius 1 is 1.05 bits per heavy atom. The van der Waals surface area contributed by atoms with Gasteiger partial charge in [-0.25, -0.2) is 18.4 Å². The summed E-state index contributed by atoms with van der Waals surface area (Å²) in [5, 5.41) is 12.3. The third-order valence-electron chi connectivity index (χ3n) is 6.56. The number of aromatic nitrogens is 7. The Balaban J connectivity index is 1.62. The Kier molecular flexibility index (Phi) is 7.42. The number of halogens is 1. The quantitative estimate of drug-likeness (QED) is 0.299. The first-order valence-corrected chi connectivity index (χ1v) is 13.9. The smallest absolute Gasteiger partial charge is 0.243 e. The van der Waals surface area contributed by atoms with Crippen LogP contribution in [0.5, 0.6) is 11.5 Å². The SMILES string of the molecule is COc1cccc(OC)c1-n1c(NS(=O)(=O)C(C)C(OC)c2ncc(Cl)cn2)nnc1-c1cnn2c1CCC2. The van der Waals surface area contributed by atoms with Gasteiger partial charge < -0.3 is 14.2 Å². The summed E-state index contributed by atoms with van der Waals surface area (Å²) in [7, 11) is 0.281. The lowest BCUT2D eigenvalue weighted by molar-refractivity contribution is 0.0950. The van der Waals surface area contributed by atoms with E-state index in [1.807, 2.05) is 4.68 Å². The van der Waals surface area contributed by atoms with Gasteiger partial charge in [0, 0.05) is 31.7 Å². The van der Waals surface area contributed by atoms with Gasteiger partial charge in [0.25, 0.3) is 0 Å². The average molecular weight is 575 g/mol. The molecule has 0 fully saturated rings. The normalized spacial score (nSPS) is 14.6. The van der Waals surface area contributed by atoms with E-state index >= 15 is 0 Å². The summed E-state index contributed by atoms with van der Waals surface area (Å²) in [5.41, 5.74) is 2.14. The second-order valence-electron chi connectivity index (χ2n) is 8.79. The average Bonchev–Trinajstić information content (AvgIpc) is 3.66. The number of nitrogens with zero attached hydrogens (tertiary/aromatic N) is 7. The second kappa shape index (κ2) is 10.8. The highest BCUT2D eigenvalue weighted by atomic mass is 35.5. The first kappa shape index (κ1) is 26.8. The number of para-hydroxylation sites is 1.